The molecule has 0 aromatic carbocycles. The van der Waals surface area contributed by atoms with E-state index in [2.05, 4.69) is 6.92 Å². The minimum atomic E-state index is -1.15. The lowest BCUT2D eigenvalue weighted by atomic mass is 10.0. The van der Waals surface area contributed by atoms with Gasteiger partial charge in [-0.25, -0.2) is 9.59 Å². The van der Waals surface area contributed by atoms with Crippen LogP contribution in [0.5, 0.6) is 0 Å². The number of carboxylic acid groups (broad SMARTS) is 1. The van der Waals surface area contributed by atoms with E-state index < -0.39 is 17.5 Å². The number of carboxylic acids is 1. The SMILES string of the molecule is CCCCC(C)(C)OC(=O)/C=C/C(=O)O. The monoisotopic (exact) mass is 214 g/mol. The number of rotatable bonds is 6. The summed E-state index contributed by atoms with van der Waals surface area (Å²) in [5.74, 6) is -1.77. The zero-order valence-corrected chi connectivity index (χ0v) is 9.45. The van der Waals surface area contributed by atoms with Crippen molar-refractivity contribution in [1.29, 1.82) is 0 Å². The van der Waals surface area contributed by atoms with E-state index in [1.807, 2.05) is 13.8 Å². The first-order chi connectivity index (χ1) is 6.87. The van der Waals surface area contributed by atoms with Crippen LogP contribution in [0.25, 0.3) is 0 Å². The van der Waals surface area contributed by atoms with Crippen LogP contribution in [0.1, 0.15) is 40.0 Å². The Hall–Kier alpha value is -1.32. The number of esters is 1. The van der Waals surface area contributed by atoms with Crippen LogP contribution in [-0.2, 0) is 14.3 Å². The van der Waals surface area contributed by atoms with Gasteiger partial charge in [-0.1, -0.05) is 13.3 Å². The quantitative estimate of drug-likeness (QED) is 0.543. The molecule has 0 bridgehead atoms. The van der Waals surface area contributed by atoms with Gasteiger partial charge >= 0.3 is 11.9 Å². The Morgan fingerprint density at radius 2 is 1.93 bits per heavy atom. The number of hydrogen-bond acceptors (Lipinski definition) is 3. The average molecular weight is 214 g/mol. The van der Waals surface area contributed by atoms with Gasteiger partial charge in [0.15, 0.2) is 0 Å². The van der Waals surface area contributed by atoms with Crippen molar-refractivity contribution < 1.29 is 19.4 Å². The van der Waals surface area contributed by atoms with E-state index in [-0.39, 0.29) is 0 Å². The fourth-order valence-electron chi connectivity index (χ4n) is 1.10. The van der Waals surface area contributed by atoms with E-state index in [4.69, 9.17) is 9.84 Å². The Labute approximate surface area is 89.9 Å². The first-order valence-corrected chi connectivity index (χ1v) is 5.01. The van der Waals surface area contributed by atoms with Crippen LogP contribution in [0.15, 0.2) is 12.2 Å². The number of ether oxygens (including phenoxy) is 1. The van der Waals surface area contributed by atoms with Crippen molar-refractivity contribution >= 4 is 11.9 Å². The number of hydrogen-bond donors (Lipinski definition) is 1. The highest BCUT2D eigenvalue weighted by Crippen LogP contribution is 2.18. The number of aliphatic carboxylic acids is 1. The highest BCUT2D eigenvalue weighted by atomic mass is 16.6. The normalized spacial score (nSPS) is 11.7. The number of carbonyl (C=O) groups is 2. The molecule has 0 rings (SSSR count). The summed E-state index contributed by atoms with van der Waals surface area (Å²) in [4.78, 5) is 21.3. The fourth-order valence-corrected chi connectivity index (χ4v) is 1.10. The summed E-state index contributed by atoms with van der Waals surface area (Å²) in [5, 5.41) is 8.31. The molecule has 0 aliphatic rings. The van der Waals surface area contributed by atoms with Crippen molar-refractivity contribution in [3.8, 4) is 0 Å². The predicted octanol–water partition coefficient (Wildman–Crippen LogP) is 2.14. The van der Waals surface area contributed by atoms with E-state index in [9.17, 15) is 9.59 Å². The second-order valence-corrected chi connectivity index (χ2v) is 3.96. The molecule has 0 aliphatic carbocycles. The van der Waals surface area contributed by atoms with Crippen LogP contribution in [0.4, 0.5) is 0 Å². The molecule has 0 aromatic rings. The van der Waals surface area contributed by atoms with E-state index in [1.165, 1.54) is 0 Å². The molecule has 0 spiro atoms. The lowest BCUT2D eigenvalue weighted by Gasteiger charge is -2.24. The molecule has 0 fully saturated rings. The molecule has 0 unspecified atom stereocenters. The molecule has 0 aliphatic heterocycles. The Bertz CT molecular complexity index is 253. The molecule has 0 saturated carbocycles. The maximum Gasteiger partial charge on any atom is 0.331 e. The second kappa shape index (κ2) is 6.22. The van der Waals surface area contributed by atoms with Gasteiger partial charge in [-0.15, -0.1) is 0 Å². The van der Waals surface area contributed by atoms with E-state index in [0.717, 1.165) is 31.4 Å². The van der Waals surface area contributed by atoms with Gasteiger partial charge in [-0.2, -0.15) is 0 Å². The van der Waals surface area contributed by atoms with Crippen molar-refractivity contribution in [2.24, 2.45) is 0 Å². The molecular weight excluding hydrogens is 196 g/mol. The smallest absolute Gasteiger partial charge is 0.331 e. The molecule has 0 saturated heterocycles. The summed E-state index contributed by atoms with van der Waals surface area (Å²) in [5.41, 5.74) is -0.532. The van der Waals surface area contributed by atoms with Gasteiger partial charge in [0.25, 0.3) is 0 Å². The lowest BCUT2D eigenvalue weighted by molar-refractivity contribution is -0.151. The summed E-state index contributed by atoms with van der Waals surface area (Å²) in [6.45, 7) is 5.69. The van der Waals surface area contributed by atoms with Gasteiger partial charge in [0.2, 0.25) is 0 Å². The van der Waals surface area contributed by atoms with Crippen LogP contribution >= 0.6 is 0 Å². The summed E-state index contributed by atoms with van der Waals surface area (Å²) in [6.07, 6.45) is 4.49. The number of unbranched alkanes of at least 4 members (excludes halogenated alkanes) is 1. The summed E-state index contributed by atoms with van der Waals surface area (Å²) in [7, 11) is 0. The molecule has 0 heterocycles. The second-order valence-electron chi connectivity index (χ2n) is 3.96. The van der Waals surface area contributed by atoms with Crippen LogP contribution < -0.4 is 0 Å². The first-order valence-electron chi connectivity index (χ1n) is 5.01. The van der Waals surface area contributed by atoms with Gasteiger partial charge in [0, 0.05) is 12.2 Å². The zero-order valence-electron chi connectivity index (χ0n) is 9.45. The molecular formula is C11H18O4. The Morgan fingerprint density at radius 1 is 1.33 bits per heavy atom. The highest BCUT2D eigenvalue weighted by Gasteiger charge is 2.20. The van der Waals surface area contributed by atoms with Crippen LogP contribution in [-0.4, -0.2) is 22.6 Å². The summed E-state index contributed by atoms with van der Waals surface area (Å²) < 4.78 is 5.10. The van der Waals surface area contributed by atoms with Gasteiger partial charge in [-0.3, -0.25) is 0 Å². The Morgan fingerprint density at radius 3 is 2.40 bits per heavy atom. The van der Waals surface area contributed by atoms with Crippen LogP contribution in [0.3, 0.4) is 0 Å². The molecule has 1 N–H and O–H groups in total. The van der Waals surface area contributed by atoms with Crippen molar-refractivity contribution in [3.05, 3.63) is 12.2 Å². The van der Waals surface area contributed by atoms with Crippen molar-refractivity contribution in [2.75, 3.05) is 0 Å². The van der Waals surface area contributed by atoms with Gasteiger partial charge in [-0.05, 0) is 26.7 Å². The third kappa shape index (κ3) is 7.73. The highest BCUT2D eigenvalue weighted by molar-refractivity contribution is 5.90. The van der Waals surface area contributed by atoms with Gasteiger partial charge < -0.3 is 9.84 Å². The van der Waals surface area contributed by atoms with Crippen LogP contribution in [0, 0.1) is 0 Å². The third-order valence-corrected chi connectivity index (χ3v) is 1.87. The number of carbonyl (C=O) groups excluding carboxylic acids is 1. The molecule has 0 atom stereocenters. The van der Waals surface area contributed by atoms with Gasteiger partial charge in [0.1, 0.15) is 5.60 Å². The molecule has 4 nitrogen and oxygen atoms in total. The van der Waals surface area contributed by atoms with E-state index >= 15 is 0 Å². The molecule has 0 aromatic heterocycles. The zero-order chi connectivity index (χ0) is 11.9. The maximum atomic E-state index is 11.2. The van der Waals surface area contributed by atoms with Crippen molar-refractivity contribution in [2.45, 2.75) is 45.6 Å². The topological polar surface area (TPSA) is 63.6 Å². The third-order valence-electron chi connectivity index (χ3n) is 1.87. The summed E-state index contributed by atoms with van der Waals surface area (Å²) in [6, 6.07) is 0. The molecule has 86 valence electrons. The minimum Gasteiger partial charge on any atom is -0.478 e. The van der Waals surface area contributed by atoms with E-state index in [0.29, 0.717) is 0 Å². The predicted molar refractivity (Wildman–Crippen MR) is 56.5 cm³/mol. The molecule has 0 radical (unpaired) electrons. The maximum absolute atomic E-state index is 11.2. The lowest BCUT2D eigenvalue weighted by Crippen LogP contribution is -2.27. The van der Waals surface area contributed by atoms with Gasteiger partial charge in [0.05, 0.1) is 0 Å². The Balaban J connectivity index is 4.09. The largest absolute Gasteiger partial charge is 0.478 e. The van der Waals surface area contributed by atoms with Crippen LogP contribution in [0.2, 0.25) is 0 Å². The molecule has 0 amide bonds. The standard InChI is InChI=1S/C11H18O4/c1-4-5-8-11(2,3)15-10(14)7-6-9(12)13/h6-7H,4-5,8H2,1-3H3,(H,12,13)/b7-6+. The fraction of sp³-hybridized carbons (Fsp3) is 0.636. The van der Waals surface area contributed by atoms with E-state index in [1.54, 1.807) is 0 Å². The summed E-state index contributed by atoms with van der Waals surface area (Å²) >= 11 is 0. The molecule has 15 heavy (non-hydrogen) atoms. The minimum absolute atomic E-state index is 0.532. The van der Waals surface area contributed by atoms with Crippen molar-refractivity contribution in [1.82, 2.24) is 0 Å². The first kappa shape index (κ1) is 13.7. The Kier molecular flexibility index (Phi) is 5.67. The average Bonchev–Trinajstić information content (AvgIpc) is 2.11. The molecule has 4 heteroatoms. The van der Waals surface area contributed by atoms with Crippen molar-refractivity contribution in [3.63, 3.8) is 0 Å².